The predicted octanol–water partition coefficient (Wildman–Crippen LogP) is 1.84. The summed E-state index contributed by atoms with van der Waals surface area (Å²) in [5.41, 5.74) is -1.05. The smallest absolute Gasteiger partial charge is 0.322 e. The zero-order chi connectivity index (χ0) is 17.5. The van der Waals surface area contributed by atoms with E-state index in [1.54, 1.807) is 0 Å². The van der Waals surface area contributed by atoms with Gasteiger partial charge in [-0.15, -0.1) is 0 Å². The second-order valence-corrected chi connectivity index (χ2v) is 6.76. The molecule has 0 bridgehead atoms. The van der Waals surface area contributed by atoms with Gasteiger partial charge in [0.15, 0.2) is 6.61 Å². The first-order valence-corrected chi connectivity index (χ1v) is 8.13. The van der Waals surface area contributed by atoms with Crippen molar-refractivity contribution in [3.8, 4) is 5.75 Å². The summed E-state index contributed by atoms with van der Waals surface area (Å²) in [5, 5.41) is 5.53. The van der Waals surface area contributed by atoms with Gasteiger partial charge in [0.2, 0.25) is 0 Å². The molecule has 1 aromatic rings. The summed E-state index contributed by atoms with van der Waals surface area (Å²) >= 11 is 17.7. The standard InChI is InChI=1S/C14H12Cl3N3O4/c15-7-3-9(17)10(4-8(7)16)24-5-11(21)20-2-1-14(6-20)12(22)18-13(23)19-14/h3-4H,1-2,5-6H2,(H2,18,19,22,23)/t14-/m0/s1. The maximum Gasteiger partial charge on any atom is 0.322 e. The van der Waals surface area contributed by atoms with Crippen LogP contribution < -0.4 is 15.4 Å². The molecular formula is C14H12Cl3N3O4. The van der Waals surface area contributed by atoms with Crippen molar-refractivity contribution in [2.24, 2.45) is 0 Å². The van der Waals surface area contributed by atoms with Crippen LogP contribution in [0.25, 0.3) is 0 Å². The molecule has 3 rings (SSSR count). The van der Waals surface area contributed by atoms with Crippen LogP contribution in [-0.2, 0) is 9.59 Å². The number of ether oxygens (including phenoxy) is 1. The SMILES string of the molecule is O=C1NC(=O)[C@@]2(CCN(C(=O)COc3cc(Cl)c(Cl)cc3Cl)C2)N1. The third kappa shape index (κ3) is 3.11. The maximum absolute atomic E-state index is 12.3. The van der Waals surface area contributed by atoms with Gasteiger partial charge in [-0.2, -0.15) is 0 Å². The van der Waals surface area contributed by atoms with E-state index in [4.69, 9.17) is 39.5 Å². The first-order chi connectivity index (χ1) is 11.3. The first-order valence-electron chi connectivity index (χ1n) is 6.99. The Labute approximate surface area is 152 Å². The van der Waals surface area contributed by atoms with Gasteiger partial charge < -0.3 is 15.0 Å². The number of hydrogen-bond acceptors (Lipinski definition) is 4. The summed E-state index contributed by atoms with van der Waals surface area (Å²) in [7, 11) is 0. The van der Waals surface area contributed by atoms with E-state index in [9.17, 15) is 14.4 Å². The van der Waals surface area contributed by atoms with E-state index < -0.39 is 17.5 Å². The number of urea groups is 1. The van der Waals surface area contributed by atoms with Gasteiger partial charge in [-0.05, 0) is 12.5 Å². The molecule has 2 heterocycles. The van der Waals surface area contributed by atoms with Crippen LogP contribution >= 0.6 is 34.8 Å². The Morgan fingerprint density at radius 3 is 2.58 bits per heavy atom. The van der Waals surface area contributed by atoms with Crippen molar-refractivity contribution in [1.29, 1.82) is 0 Å². The highest BCUT2D eigenvalue weighted by Gasteiger charge is 2.51. The number of carbonyl (C=O) groups is 3. The van der Waals surface area contributed by atoms with Crippen LogP contribution in [-0.4, -0.2) is 48.0 Å². The molecular weight excluding hydrogens is 381 g/mol. The van der Waals surface area contributed by atoms with Crippen molar-refractivity contribution in [3.63, 3.8) is 0 Å². The second kappa shape index (κ2) is 6.31. The van der Waals surface area contributed by atoms with Gasteiger partial charge in [-0.25, -0.2) is 4.79 Å². The van der Waals surface area contributed by atoms with Crippen molar-refractivity contribution < 1.29 is 19.1 Å². The van der Waals surface area contributed by atoms with Gasteiger partial charge in [0, 0.05) is 12.6 Å². The van der Waals surface area contributed by atoms with Gasteiger partial charge in [-0.1, -0.05) is 34.8 Å². The van der Waals surface area contributed by atoms with Crippen LogP contribution in [0.1, 0.15) is 6.42 Å². The highest BCUT2D eigenvalue weighted by molar-refractivity contribution is 6.43. The van der Waals surface area contributed by atoms with Crippen LogP contribution in [0.4, 0.5) is 4.79 Å². The molecule has 1 spiro atoms. The average Bonchev–Trinajstić information content (AvgIpc) is 3.05. The Balaban J connectivity index is 1.62. The van der Waals surface area contributed by atoms with Gasteiger partial charge >= 0.3 is 6.03 Å². The summed E-state index contributed by atoms with van der Waals surface area (Å²) in [6, 6.07) is 2.30. The number of halogens is 3. The molecule has 2 saturated heterocycles. The lowest BCUT2D eigenvalue weighted by Gasteiger charge is -2.21. The number of amides is 4. The average molecular weight is 393 g/mol. The Bertz CT molecular complexity index is 742. The summed E-state index contributed by atoms with van der Waals surface area (Å²) in [4.78, 5) is 36.9. The minimum atomic E-state index is -1.05. The van der Waals surface area contributed by atoms with Crippen molar-refractivity contribution in [2.45, 2.75) is 12.0 Å². The molecule has 7 nitrogen and oxygen atoms in total. The molecule has 1 atom stereocenters. The molecule has 24 heavy (non-hydrogen) atoms. The quantitative estimate of drug-likeness (QED) is 0.607. The highest BCUT2D eigenvalue weighted by Crippen LogP contribution is 2.34. The molecule has 0 unspecified atom stereocenters. The number of benzene rings is 1. The fraction of sp³-hybridized carbons (Fsp3) is 0.357. The summed E-state index contributed by atoms with van der Waals surface area (Å²) < 4.78 is 5.39. The largest absolute Gasteiger partial charge is 0.482 e. The topological polar surface area (TPSA) is 87.7 Å². The molecule has 128 valence electrons. The van der Waals surface area contributed by atoms with Gasteiger partial charge in [0.1, 0.15) is 11.3 Å². The number of hydrogen-bond donors (Lipinski definition) is 2. The molecule has 10 heteroatoms. The zero-order valence-electron chi connectivity index (χ0n) is 12.2. The Morgan fingerprint density at radius 2 is 1.92 bits per heavy atom. The Kier molecular flexibility index (Phi) is 4.50. The molecule has 2 aliphatic rings. The molecule has 2 aliphatic heterocycles. The Morgan fingerprint density at radius 1 is 1.21 bits per heavy atom. The first kappa shape index (κ1) is 17.1. The maximum atomic E-state index is 12.3. The van der Waals surface area contributed by atoms with Crippen LogP contribution in [0.5, 0.6) is 5.75 Å². The number of likely N-dealkylation sites (tertiary alicyclic amines) is 1. The number of nitrogens with zero attached hydrogens (tertiary/aromatic N) is 1. The van der Waals surface area contributed by atoms with E-state index in [0.717, 1.165) is 0 Å². The molecule has 4 amide bonds. The minimum Gasteiger partial charge on any atom is -0.482 e. The van der Waals surface area contributed by atoms with E-state index in [-0.39, 0.29) is 39.9 Å². The zero-order valence-corrected chi connectivity index (χ0v) is 14.5. The normalized spacial score (nSPS) is 22.7. The number of nitrogens with one attached hydrogen (secondary N) is 2. The van der Waals surface area contributed by atoms with Crippen LogP contribution in [0.3, 0.4) is 0 Å². The molecule has 0 aromatic heterocycles. The highest BCUT2D eigenvalue weighted by atomic mass is 35.5. The molecule has 1 aromatic carbocycles. The Hall–Kier alpha value is -1.70. The molecule has 0 aliphatic carbocycles. The molecule has 0 radical (unpaired) electrons. The lowest BCUT2D eigenvalue weighted by atomic mass is 10.00. The second-order valence-electron chi connectivity index (χ2n) is 5.54. The lowest BCUT2D eigenvalue weighted by molar-refractivity contribution is -0.132. The fourth-order valence-electron chi connectivity index (χ4n) is 2.68. The summed E-state index contributed by atoms with van der Waals surface area (Å²) in [5.74, 6) is -0.514. The van der Waals surface area contributed by atoms with Gasteiger partial charge in [0.05, 0.1) is 21.6 Å². The van der Waals surface area contributed by atoms with E-state index in [2.05, 4.69) is 10.6 Å². The van der Waals surface area contributed by atoms with Crippen molar-refractivity contribution in [3.05, 3.63) is 27.2 Å². The monoisotopic (exact) mass is 391 g/mol. The van der Waals surface area contributed by atoms with Crippen molar-refractivity contribution in [1.82, 2.24) is 15.5 Å². The van der Waals surface area contributed by atoms with Crippen molar-refractivity contribution in [2.75, 3.05) is 19.7 Å². The van der Waals surface area contributed by atoms with E-state index in [0.29, 0.717) is 13.0 Å². The summed E-state index contributed by atoms with van der Waals surface area (Å²) in [6.07, 6.45) is 0.351. The fourth-order valence-corrected chi connectivity index (χ4v) is 3.28. The van der Waals surface area contributed by atoms with E-state index in [1.807, 2.05) is 0 Å². The van der Waals surface area contributed by atoms with E-state index in [1.165, 1.54) is 17.0 Å². The number of rotatable bonds is 3. The molecule has 0 saturated carbocycles. The molecule has 2 N–H and O–H groups in total. The predicted molar refractivity (Wildman–Crippen MR) is 87.6 cm³/mol. The number of carbonyl (C=O) groups excluding carboxylic acids is 3. The van der Waals surface area contributed by atoms with Crippen LogP contribution in [0.15, 0.2) is 12.1 Å². The number of imide groups is 1. The van der Waals surface area contributed by atoms with Gasteiger partial charge in [0.25, 0.3) is 11.8 Å². The van der Waals surface area contributed by atoms with Crippen molar-refractivity contribution >= 4 is 52.6 Å². The third-order valence-electron chi connectivity index (χ3n) is 3.96. The lowest BCUT2D eigenvalue weighted by Crippen LogP contribution is -2.50. The minimum absolute atomic E-state index is 0.0991. The third-order valence-corrected chi connectivity index (χ3v) is 4.98. The molecule has 2 fully saturated rings. The summed E-state index contributed by atoms with van der Waals surface area (Å²) in [6.45, 7) is 0.163. The van der Waals surface area contributed by atoms with Crippen LogP contribution in [0.2, 0.25) is 15.1 Å². The van der Waals surface area contributed by atoms with E-state index >= 15 is 0 Å². The van der Waals surface area contributed by atoms with Gasteiger partial charge in [-0.3, -0.25) is 14.9 Å². The van der Waals surface area contributed by atoms with Crippen LogP contribution in [0, 0.1) is 0 Å².